The summed E-state index contributed by atoms with van der Waals surface area (Å²) in [7, 11) is 0. The van der Waals surface area contributed by atoms with Crippen LogP contribution in [0.3, 0.4) is 0 Å². The van der Waals surface area contributed by atoms with Crippen molar-refractivity contribution in [2.24, 2.45) is 0 Å². The van der Waals surface area contributed by atoms with Gasteiger partial charge in [-0.3, -0.25) is 5.10 Å². The topological polar surface area (TPSA) is 41.6 Å². The Kier molecular flexibility index (Phi) is 2.79. The first kappa shape index (κ1) is 9.21. The monoisotopic (exact) mass is 207 g/mol. The molecule has 0 bridgehead atoms. The van der Waals surface area contributed by atoms with Crippen molar-refractivity contribution in [3.05, 3.63) is 30.1 Å². The molecule has 0 aromatic carbocycles. The first-order valence-corrected chi connectivity index (χ1v) is 4.95. The van der Waals surface area contributed by atoms with Crippen molar-refractivity contribution in [1.29, 1.82) is 0 Å². The molecular formula is C10H10ClN3. The number of fused-ring (bicyclic) bond motifs is 1. The summed E-state index contributed by atoms with van der Waals surface area (Å²) >= 11 is 5.56. The molecule has 0 saturated carbocycles. The molecular weight excluding hydrogens is 198 g/mol. The van der Waals surface area contributed by atoms with Crippen LogP contribution < -0.4 is 0 Å². The molecule has 0 radical (unpaired) electrons. The molecule has 2 heterocycles. The second kappa shape index (κ2) is 4.24. The van der Waals surface area contributed by atoms with Crippen LogP contribution in [-0.4, -0.2) is 21.1 Å². The van der Waals surface area contributed by atoms with Crippen LogP contribution in [0, 0.1) is 0 Å². The number of aromatic nitrogens is 3. The van der Waals surface area contributed by atoms with Gasteiger partial charge in [-0.25, -0.2) is 4.98 Å². The number of allylic oxidation sites excluding steroid dienone is 1. The van der Waals surface area contributed by atoms with Crippen LogP contribution in [0.1, 0.15) is 12.0 Å². The molecule has 4 heteroatoms. The van der Waals surface area contributed by atoms with Crippen LogP contribution in [0.25, 0.3) is 17.1 Å². The fourth-order valence-corrected chi connectivity index (χ4v) is 1.35. The molecule has 0 aliphatic rings. The molecule has 0 aliphatic carbocycles. The highest BCUT2D eigenvalue weighted by Crippen LogP contribution is 2.11. The Morgan fingerprint density at radius 1 is 1.43 bits per heavy atom. The smallest absolute Gasteiger partial charge is 0.155 e. The van der Waals surface area contributed by atoms with E-state index in [1.807, 2.05) is 24.4 Å². The third-order valence-electron chi connectivity index (χ3n) is 1.90. The number of alkyl halides is 1. The Labute approximate surface area is 86.8 Å². The molecule has 1 N–H and O–H groups in total. The van der Waals surface area contributed by atoms with Crippen molar-refractivity contribution in [2.75, 3.05) is 5.88 Å². The van der Waals surface area contributed by atoms with E-state index in [0.29, 0.717) is 5.88 Å². The summed E-state index contributed by atoms with van der Waals surface area (Å²) in [6.45, 7) is 0. The Hall–Kier alpha value is -1.35. The van der Waals surface area contributed by atoms with Crippen molar-refractivity contribution in [3.63, 3.8) is 0 Å². The lowest BCUT2D eigenvalue weighted by Gasteiger charge is -1.92. The molecule has 0 amide bonds. The van der Waals surface area contributed by atoms with Crippen LogP contribution in [0.5, 0.6) is 0 Å². The highest BCUT2D eigenvalue weighted by Gasteiger charge is 1.95. The molecule has 0 aliphatic heterocycles. The summed E-state index contributed by atoms with van der Waals surface area (Å²) in [6.07, 6.45) is 8.51. The Morgan fingerprint density at radius 2 is 2.36 bits per heavy atom. The van der Waals surface area contributed by atoms with Gasteiger partial charge in [0.05, 0.1) is 6.20 Å². The predicted octanol–water partition coefficient (Wildman–Crippen LogP) is 2.60. The molecule has 14 heavy (non-hydrogen) atoms. The SMILES string of the molecule is ClCCC=Cc1cnc2[nH]ncc2c1. The first-order chi connectivity index (χ1) is 6.90. The second-order valence-corrected chi connectivity index (χ2v) is 3.33. The Balaban J connectivity index is 2.25. The number of halogens is 1. The van der Waals surface area contributed by atoms with Gasteiger partial charge in [-0.05, 0) is 18.1 Å². The minimum absolute atomic E-state index is 0.651. The first-order valence-electron chi connectivity index (χ1n) is 4.42. The van der Waals surface area contributed by atoms with Crippen molar-refractivity contribution in [1.82, 2.24) is 15.2 Å². The zero-order valence-electron chi connectivity index (χ0n) is 7.57. The minimum Gasteiger partial charge on any atom is -0.261 e. The summed E-state index contributed by atoms with van der Waals surface area (Å²) in [5.41, 5.74) is 1.89. The maximum atomic E-state index is 5.56. The largest absolute Gasteiger partial charge is 0.261 e. The van der Waals surface area contributed by atoms with Crippen LogP contribution in [0.4, 0.5) is 0 Å². The zero-order chi connectivity index (χ0) is 9.80. The van der Waals surface area contributed by atoms with E-state index >= 15 is 0 Å². The van der Waals surface area contributed by atoms with Crippen LogP contribution >= 0.6 is 11.6 Å². The third kappa shape index (κ3) is 1.93. The van der Waals surface area contributed by atoms with Gasteiger partial charge in [0.1, 0.15) is 0 Å². The van der Waals surface area contributed by atoms with Gasteiger partial charge in [0.2, 0.25) is 0 Å². The van der Waals surface area contributed by atoms with Gasteiger partial charge >= 0.3 is 0 Å². The summed E-state index contributed by atoms with van der Waals surface area (Å²) in [5, 5.41) is 7.74. The Bertz CT molecular complexity index is 447. The van der Waals surface area contributed by atoms with E-state index in [0.717, 1.165) is 23.0 Å². The highest BCUT2D eigenvalue weighted by molar-refractivity contribution is 6.17. The molecule has 2 aromatic rings. The quantitative estimate of drug-likeness (QED) is 0.787. The lowest BCUT2D eigenvalue weighted by atomic mass is 10.2. The molecule has 3 nitrogen and oxygen atoms in total. The number of hydrogen-bond donors (Lipinski definition) is 1. The van der Waals surface area contributed by atoms with E-state index in [1.54, 1.807) is 6.20 Å². The predicted molar refractivity (Wildman–Crippen MR) is 58.3 cm³/mol. The van der Waals surface area contributed by atoms with Gasteiger partial charge in [-0.15, -0.1) is 11.6 Å². The standard InChI is InChI=1S/C10H10ClN3/c11-4-2-1-3-8-5-9-7-13-14-10(9)12-6-8/h1,3,5-7H,2,4H2,(H,12,13,14). The zero-order valence-corrected chi connectivity index (χ0v) is 8.33. The fourth-order valence-electron chi connectivity index (χ4n) is 1.23. The lowest BCUT2D eigenvalue weighted by molar-refractivity contribution is 1.10. The molecule has 72 valence electrons. The highest BCUT2D eigenvalue weighted by atomic mass is 35.5. The average Bonchev–Trinajstić information content (AvgIpc) is 2.65. The third-order valence-corrected chi connectivity index (χ3v) is 2.12. The van der Waals surface area contributed by atoms with Gasteiger partial charge < -0.3 is 0 Å². The summed E-state index contributed by atoms with van der Waals surface area (Å²) in [6, 6.07) is 2.04. The van der Waals surface area contributed by atoms with Gasteiger partial charge in [-0.1, -0.05) is 12.2 Å². The molecule has 2 rings (SSSR count). The molecule has 0 saturated heterocycles. The summed E-state index contributed by atoms with van der Waals surface area (Å²) in [5.74, 6) is 0.651. The van der Waals surface area contributed by atoms with Crippen molar-refractivity contribution < 1.29 is 0 Å². The van der Waals surface area contributed by atoms with Crippen LogP contribution in [-0.2, 0) is 0 Å². The van der Waals surface area contributed by atoms with E-state index in [4.69, 9.17) is 11.6 Å². The van der Waals surface area contributed by atoms with Crippen LogP contribution in [0.2, 0.25) is 0 Å². The van der Waals surface area contributed by atoms with Gasteiger partial charge in [0, 0.05) is 17.5 Å². The van der Waals surface area contributed by atoms with E-state index in [9.17, 15) is 0 Å². The molecule has 0 atom stereocenters. The maximum Gasteiger partial charge on any atom is 0.155 e. The maximum absolute atomic E-state index is 5.56. The van der Waals surface area contributed by atoms with E-state index in [2.05, 4.69) is 15.2 Å². The van der Waals surface area contributed by atoms with E-state index in [-0.39, 0.29) is 0 Å². The van der Waals surface area contributed by atoms with Crippen molar-refractivity contribution in [3.8, 4) is 0 Å². The van der Waals surface area contributed by atoms with Crippen molar-refractivity contribution in [2.45, 2.75) is 6.42 Å². The minimum atomic E-state index is 0.651. The van der Waals surface area contributed by atoms with Gasteiger partial charge in [0.15, 0.2) is 5.65 Å². The van der Waals surface area contributed by atoms with Gasteiger partial charge in [-0.2, -0.15) is 5.10 Å². The fraction of sp³-hybridized carbons (Fsp3) is 0.200. The number of pyridine rings is 1. The van der Waals surface area contributed by atoms with Gasteiger partial charge in [0.25, 0.3) is 0 Å². The number of H-pyrrole nitrogens is 1. The van der Waals surface area contributed by atoms with E-state index < -0.39 is 0 Å². The second-order valence-electron chi connectivity index (χ2n) is 2.96. The summed E-state index contributed by atoms with van der Waals surface area (Å²) < 4.78 is 0. The molecule has 0 spiro atoms. The molecule has 0 fully saturated rings. The molecule has 2 aromatic heterocycles. The Morgan fingerprint density at radius 3 is 3.21 bits per heavy atom. The number of nitrogens with one attached hydrogen (secondary N) is 1. The average molecular weight is 208 g/mol. The summed E-state index contributed by atoms with van der Waals surface area (Å²) in [4.78, 5) is 4.22. The number of rotatable bonds is 3. The van der Waals surface area contributed by atoms with Crippen molar-refractivity contribution >= 4 is 28.7 Å². The molecule has 0 unspecified atom stereocenters. The van der Waals surface area contributed by atoms with E-state index in [1.165, 1.54) is 0 Å². The number of hydrogen-bond acceptors (Lipinski definition) is 2. The number of nitrogens with zero attached hydrogens (tertiary/aromatic N) is 2. The lowest BCUT2D eigenvalue weighted by Crippen LogP contribution is -1.78. The van der Waals surface area contributed by atoms with Crippen LogP contribution in [0.15, 0.2) is 24.5 Å². The number of aromatic amines is 1. The normalized spacial score (nSPS) is 11.5.